The molecule has 1 aromatic rings. The van der Waals surface area contributed by atoms with E-state index in [4.69, 9.17) is 18.0 Å². The zero-order valence-electron chi connectivity index (χ0n) is 8.21. The number of hydrogen-bond acceptors (Lipinski definition) is 3. The second-order valence-corrected chi connectivity index (χ2v) is 3.50. The minimum Gasteiger partial charge on any atom is -0.388 e. The van der Waals surface area contributed by atoms with Gasteiger partial charge in [-0.15, -0.1) is 0 Å². The molecule has 0 saturated heterocycles. The molecule has 1 heterocycles. The van der Waals surface area contributed by atoms with Crippen LogP contribution in [-0.4, -0.2) is 22.7 Å². The molecule has 0 atom stereocenters. The lowest BCUT2D eigenvalue weighted by Crippen LogP contribution is -2.16. The van der Waals surface area contributed by atoms with Gasteiger partial charge in [0.05, 0.1) is 12.1 Å². The van der Waals surface area contributed by atoms with Gasteiger partial charge in [0.15, 0.2) is 0 Å². The number of nitrogens with one attached hydrogen (secondary N) is 1. The first-order chi connectivity index (χ1) is 7.38. The number of nitrogens with two attached hydrogens (primary N) is 1. The summed E-state index contributed by atoms with van der Waals surface area (Å²) in [6.07, 6.45) is -5.08. The van der Waals surface area contributed by atoms with Crippen LogP contribution in [-0.2, 0) is 0 Å². The van der Waals surface area contributed by atoms with E-state index in [1.54, 1.807) is 18.2 Å². The van der Waals surface area contributed by atoms with Crippen LogP contribution in [0.5, 0.6) is 0 Å². The molecule has 7 heteroatoms. The highest BCUT2D eigenvalue weighted by atomic mass is 32.1. The van der Waals surface area contributed by atoms with Gasteiger partial charge in [0, 0.05) is 6.54 Å². The summed E-state index contributed by atoms with van der Waals surface area (Å²) in [6, 6.07) is 4.77. The van der Waals surface area contributed by atoms with Crippen molar-refractivity contribution < 1.29 is 13.2 Å². The largest absolute Gasteiger partial charge is 0.390 e. The quantitative estimate of drug-likeness (QED) is 0.802. The van der Waals surface area contributed by atoms with Crippen molar-refractivity contribution in [3.8, 4) is 0 Å². The molecule has 0 aromatic carbocycles. The lowest BCUT2D eigenvalue weighted by Gasteiger charge is -2.08. The number of alkyl halides is 3. The third-order valence-corrected chi connectivity index (χ3v) is 1.93. The molecule has 0 aliphatic rings. The smallest absolute Gasteiger partial charge is 0.388 e. The van der Waals surface area contributed by atoms with Crippen molar-refractivity contribution in [3.05, 3.63) is 23.9 Å². The zero-order valence-corrected chi connectivity index (χ0v) is 9.03. The summed E-state index contributed by atoms with van der Waals surface area (Å²) >= 11 is 4.70. The number of nitrogens with zero attached hydrogens (tertiary/aromatic N) is 1. The van der Waals surface area contributed by atoms with Crippen LogP contribution < -0.4 is 11.1 Å². The molecule has 1 aromatic heterocycles. The normalized spacial score (nSPS) is 11.2. The summed E-state index contributed by atoms with van der Waals surface area (Å²) in [5.74, 6) is 0.328. The van der Waals surface area contributed by atoms with Crippen molar-refractivity contribution in [2.45, 2.75) is 12.6 Å². The molecule has 88 valence electrons. The standard InChI is InChI=1S/C9H10F3N3S/c10-9(11,12)4-5-14-7-3-1-2-6(15-7)8(13)16/h1-3H,4-5H2,(H2,13,16)(H,14,15). The van der Waals surface area contributed by atoms with Gasteiger partial charge in [-0.3, -0.25) is 0 Å². The first kappa shape index (κ1) is 12.7. The van der Waals surface area contributed by atoms with Gasteiger partial charge in [-0.05, 0) is 12.1 Å². The fraction of sp³-hybridized carbons (Fsp3) is 0.333. The summed E-state index contributed by atoms with van der Waals surface area (Å²) in [7, 11) is 0. The predicted molar refractivity (Wildman–Crippen MR) is 59.3 cm³/mol. The number of hydrogen-bond donors (Lipinski definition) is 2. The van der Waals surface area contributed by atoms with Crippen molar-refractivity contribution in [1.82, 2.24) is 4.98 Å². The van der Waals surface area contributed by atoms with Gasteiger partial charge in [-0.25, -0.2) is 4.98 Å². The fourth-order valence-corrected chi connectivity index (χ4v) is 1.12. The molecule has 0 radical (unpaired) electrons. The second kappa shape index (κ2) is 5.11. The highest BCUT2D eigenvalue weighted by molar-refractivity contribution is 7.80. The third-order valence-electron chi connectivity index (χ3n) is 1.72. The molecule has 0 aliphatic carbocycles. The van der Waals surface area contributed by atoms with Gasteiger partial charge >= 0.3 is 6.18 Å². The van der Waals surface area contributed by atoms with Crippen LogP contribution in [0.2, 0.25) is 0 Å². The number of rotatable bonds is 4. The number of aromatic nitrogens is 1. The molecular formula is C9H10F3N3S. The minimum atomic E-state index is -4.17. The summed E-state index contributed by atoms with van der Waals surface area (Å²) in [5.41, 5.74) is 5.72. The van der Waals surface area contributed by atoms with Crippen molar-refractivity contribution in [2.24, 2.45) is 5.73 Å². The number of halogens is 3. The maximum absolute atomic E-state index is 11.9. The van der Waals surface area contributed by atoms with E-state index >= 15 is 0 Å². The number of pyridine rings is 1. The van der Waals surface area contributed by atoms with Gasteiger partial charge in [0.1, 0.15) is 10.8 Å². The van der Waals surface area contributed by atoms with Crippen LogP contribution in [0.3, 0.4) is 0 Å². The lowest BCUT2D eigenvalue weighted by molar-refractivity contribution is -0.131. The highest BCUT2D eigenvalue weighted by Gasteiger charge is 2.26. The summed E-state index contributed by atoms with van der Waals surface area (Å²) in [6.45, 7) is -0.225. The average molecular weight is 249 g/mol. The van der Waals surface area contributed by atoms with Crippen molar-refractivity contribution in [3.63, 3.8) is 0 Å². The Morgan fingerprint density at radius 1 is 1.44 bits per heavy atom. The molecule has 0 unspecified atom stereocenters. The van der Waals surface area contributed by atoms with Crippen molar-refractivity contribution in [1.29, 1.82) is 0 Å². The molecule has 0 amide bonds. The van der Waals surface area contributed by atoms with E-state index in [-0.39, 0.29) is 11.5 Å². The van der Waals surface area contributed by atoms with Gasteiger partial charge in [-0.1, -0.05) is 18.3 Å². The van der Waals surface area contributed by atoms with Crippen LogP contribution in [0.4, 0.5) is 19.0 Å². The molecule has 0 spiro atoms. The van der Waals surface area contributed by atoms with Crippen molar-refractivity contribution >= 4 is 23.0 Å². The molecule has 16 heavy (non-hydrogen) atoms. The van der Waals surface area contributed by atoms with E-state index < -0.39 is 12.6 Å². The summed E-state index contributed by atoms with van der Waals surface area (Å²) in [4.78, 5) is 4.06. The Bertz CT molecular complexity index is 379. The van der Waals surface area contributed by atoms with Crippen LogP contribution in [0, 0.1) is 0 Å². The number of thiocarbonyl (C=S) groups is 1. The second-order valence-electron chi connectivity index (χ2n) is 3.06. The summed E-state index contributed by atoms with van der Waals surface area (Å²) in [5, 5.41) is 2.55. The van der Waals surface area contributed by atoms with E-state index in [1.165, 1.54) is 0 Å². The van der Waals surface area contributed by atoms with Crippen molar-refractivity contribution in [2.75, 3.05) is 11.9 Å². The molecular weight excluding hydrogens is 239 g/mol. The summed E-state index contributed by atoms with van der Waals surface area (Å²) < 4.78 is 35.6. The van der Waals surface area contributed by atoms with E-state index in [2.05, 4.69) is 10.3 Å². The lowest BCUT2D eigenvalue weighted by atomic mass is 10.3. The molecule has 0 aliphatic heterocycles. The fourth-order valence-electron chi connectivity index (χ4n) is 1.00. The third kappa shape index (κ3) is 4.43. The molecule has 0 fully saturated rings. The van der Waals surface area contributed by atoms with E-state index in [9.17, 15) is 13.2 Å². The topological polar surface area (TPSA) is 50.9 Å². The minimum absolute atomic E-state index is 0.111. The van der Waals surface area contributed by atoms with Gasteiger partial charge in [0.2, 0.25) is 0 Å². The molecule has 3 N–H and O–H groups in total. The maximum Gasteiger partial charge on any atom is 0.390 e. The average Bonchev–Trinajstić information content (AvgIpc) is 2.16. The SMILES string of the molecule is NC(=S)c1cccc(NCCC(F)(F)F)n1. The Morgan fingerprint density at radius 3 is 2.69 bits per heavy atom. The zero-order chi connectivity index (χ0) is 12.2. The van der Waals surface area contributed by atoms with E-state index in [0.717, 1.165) is 0 Å². The predicted octanol–water partition coefficient (Wildman–Crippen LogP) is 2.08. The van der Waals surface area contributed by atoms with Gasteiger partial charge < -0.3 is 11.1 Å². The van der Waals surface area contributed by atoms with E-state index in [1.807, 2.05) is 0 Å². The van der Waals surface area contributed by atoms with Gasteiger partial charge in [-0.2, -0.15) is 13.2 Å². The van der Waals surface area contributed by atoms with Crippen LogP contribution in [0.15, 0.2) is 18.2 Å². The molecule has 0 saturated carbocycles. The van der Waals surface area contributed by atoms with Crippen LogP contribution in [0.1, 0.15) is 12.1 Å². The Hall–Kier alpha value is -1.37. The van der Waals surface area contributed by atoms with Crippen LogP contribution in [0.25, 0.3) is 0 Å². The molecule has 0 bridgehead atoms. The van der Waals surface area contributed by atoms with Gasteiger partial charge in [0.25, 0.3) is 0 Å². The Kier molecular flexibility index (Phi) is 4.05. The Morgan fingerprint density at radius 2 is 2.12 bits per heavy atom. The maximum atomic E-state index is 11.9. The van der Waals surface area contributed by atoms with E-state index in [0.29, 0.717) is 11.5 Å². The monoisotopic (exact) mass is 249 g/mol. The first-order valence-electron chi connectivity index (χ1n) is 4.46. The number of anilines is 1. The molecule has 3 nitrogen and oxygen atoms in total. The highest BCUT2D eigenvalue weighted by Crippen LogP contribution is 2.19. The van der Waals surface area contributed by atoms with Crippen LogP contribution >= 0.6 is 12.2 Å². The first-order valence-corrected chi connectivity index (χ1v) is 4.87. The Labute approximate surface area is 95.9 Å². The molecule has 1 rings (SSSR count). The Balaban J connectivity index is 2.55.